The Morgan fingerprint density at radius 3 is 2.67 bits per heavy atom. The van der Waals surface area contributed by atoms with Crippen LogP contribution in [0.1, 0.15) is 37.7 Å². The zero-order valence-electron chi connectivity index (χ0n) is 16.7. The van der Waals surface area contributed by atoms with Crippen LogP contribution in [0, 0.1) is 5.92 Å². The molecule has 4 N–H and O–H groups in total. The lowest BCUT2D eigenvalue weighted by molar-refractivity contribution is -0.130. The van der Waals surface area contributed by atoms with Gasteiger partial charge in [0.15, 0.2) is 0 Å². The first-order valence-corrected chi connectivity index (χ1v) is 10.4. The number of amides is 2. The molecule has 1 saturated carbocycles. The Kier molecular flexibility index (Phi) is 5.97. The van der Waals surface area contributed by atoms with Crippen LogP contribution in [0.4, 0.5) is 5.69 Å². The van der Waals surface area contributed by atoms with E-state index in [1.54, 1.807) is 42.7 Å². The molecule has 1 aliphatic rings. The number of rotatable bonds is 6. The van der Waals surface area contributed by atoms with E-state index in [9.17, 15) is 14.7 Å². The number of carbonyl (C=O) groups excluding carboxylic acids is 2. The largest absolute Gasteiger partial charge is 0.508 e. The number of benzene rings is 1. The van der Waals surface area contributed by atoms with Gasteiger partial charge in [0.2, 0.25) is 11.8 Å². The van der Waals surface area contributed by atoms with Crippen molar-refractivity contribution in [2.45, 2.75) is 44.6 Å². The zero-order valence-corrected chi connectivity index (χ0v) is 16.7. The van der Waals surface area contributed by atoms with Crippen LogP contribution in [0.3, 0.4) is 0 Å². The second-order valence-corrected chi connectivity index (χ2v) is 7.87. The normalized spacial score (nSPS) is 15.6. The van der Waals surface area contributed by atoms with Crippen molar-refractivity contribution in [3.8, 4) is 5.75 Å². The van der Waals surface area contributed by atoms with E-state index in [1.807, 2.05) is 6.20 Å². The summed E-state index contributed by atoms with van der Waals surface area (Å²) in [5, 5.41) is 16.5. The fraction of sp³-hybridized carbons (Fsp3) is 0.348. The molecule has 0 bridgehead atoms. The number of carbonyl (C=O) groups is 2. The average molecular weight is 406 g/mol. The van der Waals surface area contributed by atoms with Crippen molar-refractivity contribution in [2.24, 2.45) is 5.92 Å². The van der Waals surface area contributed by atoms with Crippen molar-refractivity contribution < 1.29 is 14.7 Å². The molecule has 1 aliphatic carbocycles. The number of phenolic OH excluding ortho intramolecular Hbond substituents is 1. The van der Waals surface area contributed by atoms with Crippen LogP contribution in [-0.4, -0.2) is 32.9 Å². The van der Waals surface area contributed by atoms with Gasteiger partial charge in [-0.3, -0.25) is 14.6 Å². The van der Waals surface area contributed by atoms with Crippen molar-refractivity contribution in [1.82, 2.24) is 15.3 Å². The minimum absolute atomic E-state index is 0.0398. The number of aromatic nitrogens is 2. The van der Waals surface area contributed by atoms with Crippen LogP contribution in [0.15, 0.2) is 48.9 Å². The summed E-state index contributed by atoms with van der Waals surface area (Å²) in [4.78, 5) is 33.0. The second kappa shape index (κ2) is 8.98. The lowest BCUT2D eigenvalue weighted by Crippen LogP contribution is -2.47. The van der Waals surface area contributed by atoms with Gasteiger partial charge in [-0.25, -0.2) is 0 Å². The molecule has 4 rings (SSSR count). The molecule has 0 radical (unpaired) electrons. The van der Waals surface area contributed by atoms with E-state index >= 15 is 0 Å². The Labute approximate surface area is 174 Å². The van der Waals surface area contributed by atoms with Gasteiger partial charge in [0.25, 0.3) is 0 Å². The van der Waals surface area contributed by atoms with Crippen molar-refractivity contribution in [1.29, 1.82) is 0 Å². The Balaban J connectivity index is 1.56. The van der Waals surface area contributed by atoms with Gasteiger partial charge < -0.3 is 20.7 Å². The summed E-state index contributed by atoms with van der Waals surface area (Å²) in [6, 6.07) is 7.77. The van der Waals surface area contributed by atoms with Crippen LogP contribution in [-0.2, 0) is 16.0 Å². The maximum absolute atomic E-state index is 13.1. The molecular weight excluding hydrogens is 380 g/mol. The smallest absolute Gasteiger partial charge is 0.247 e. The van der Waals surface area contributed by atoms with Gasteiger partial charge in [-0.1, -0.05) is 19.3 Å². The molecule has 156 valence electrons. The van der Waals surface area contributed by atoms with Gasteiger partial charge in [0.05, 0.1) is 0 Å². The molecule has 1 aromatic carbocycles. The summed E-state index contributed by atoms with van der Waals surface area (Å²) >= 11 is 0. The third-order valence-electron chi connectivity index (χ3n) is 5.73. The van der Waals surface area contributed by atoms with Crippen LogP contribution < -0.4 is 10.6 Å². The van der Waals surface area contributed by atoms with E-state index < -0.39 is 6.04 Å². The first-order valence-electron chi connectivity index (χ1n) is 10.4. The van der Waals surface area contributed by atoms with E-state index in [1.165, 1.54) is 0 Å². The lowest BCUT2D eigenvalue weighted by Gasteiger charge is -2.24. The van der Waals surface area contributed by atoms with Gasteiger partial charge >= 0.3 is 0 Å². The Hall–Kier alpha value is -3.35. The maximum Gasteiger partial charge on any atom is 0.247 e. The van der Waals surface area contributed by atoms with E-state index in [2.05, 4.69) is 20.6 Å². The Morgan fingerprint density at radius 2 is 1.90 bits per heavy atom. The number of aromatic amines is 1. The number of aromatic hydroxyl groups is 1. The molecular formula is C23H26N4O3. The number of pyridine rings is 1. The monoisotopic (exact) mass is 406 g/mol. The summed E-state index contributed by atoms with van der Waals surface area (Å²) in [5.74, 6) is -0.221. The molecule has 30 heavy (non-hydrogen) atoms. The van der Waals surface area contributed by atoms with Gasteiger partial charge in [0.1, 0.15) is 11.8 Å². The number of anilines is 1. The molecule has 3 aromatic rings. The highest BCUT2D eigenvalue weighted by molar-refractivity contribution is 5.98. The molecule has 7 nitrogen and oxygen atoms in total. The first-order chi connectivity index (χ1) is 14.6. The first kappa shape index (κ1) is 19.9. The molecule has 0 spiro atoms. The number of nitrogens with zero attached hydrogens (tertiary/aromatic N) is 1. The van der Waals surface area contributed by atoms with E-state index in [-0.39, 0.29) is 23.5 Å². The minimum Gasteiger partial charge on any atom is -0.508 e. The van der Waals surface area contributed by atoms with Crippen molar-refractivity contribution >= 4 is 28.4 Å². The molecule has 2 aromatic heterocycles. The molecule has 0 saturated heterocycles. The molecule has 1 atom stereocenters. The number of H-pyrrole nitrogens is 1. The molecule has 7 heteroatoms. The predicted octanol–water partition coefficient (Wildman–Crippen LogP) is 3.51. The highest BCUT2D eigenvalue weighted by Crippen LogP contribution is 2.26. The number of hydrogen-bond acceptors (Lipinski definition) is 4. The van der Waals surface area contributed by atoms with E-state index in [0.717, 1.165) is 48.6 Å². The number of phenols is 1. The molecule has 2 heterocycles. The number of nitrogens with one attached hydrogen (secondary N) is 3. The van der Waals surface area contributed by atoms with E-state index in [4.69, 9.17) is 0 Å². The summed E-state index contributed by atoms with van der Waals surface area (Å²) in [6.07, 6.45) is 10.3. The zero-order chi connectivity index (χ0) is 20.9. The third kappa shape index (κ3) is 4.62. The molecule has 0 aliphatic heterocycles. The highest BCUT2D eigenvalue weighted by atomic mass is 16.3. The standard InChI is InChI=1S/C23H26N4O3/c28-18-6-7-20-19(13-18)16(14-25-20)12-21(23(30)26-17-8-10-24-11-9-17)27-22(29)15-4-2-1-3-5-15/h6-11,13-15,21,25,28H,1-5,12H2,(H,27,29)(H,24,26,30). The minimum atomic E-state index is -0.728. The van der Waals surface area contributed by atoms with Gasteiger partial charge in [-0.2, -0.15) is 0 Å². The predicted molar refractivity (Wildman–Crippen MR) is 115 cm³/mol. The summed E-state index contributed by atoms with van der Waals surface area (Å²) < 4.78 is 0. The summed E-state index contributed by atoms with van der Waals surface area (Å²) in [6.45, 7) is 0. The SMILES string of the molecule is O=C(NC(Cc1c[nH]c2ccc(O)cc12)C(=O)Nc1ccncc1)C1CCCCC1. The molecule has 2 amide bonds. The lowest BCUT2D eigenvalue weighted by atomic mass is 9.88. The Bertz CT molecular complexity index is 1030. The van der Waals surface area contributed by atoms with Crippen molar-refractivity contribution in [3.05, 3.63) is 54.5 Å². The van der Waals surface area contributed by atoms with Crippen molar-refractivity contribution in [2.75, 3.05) is 5.32 Å². The number of fused-ring (bicyclic) bond motifs is 1. The topological polar surface area (TPSA) is 107 Å². The molecule has 1 fully saturated rings. The fourth-order valence-corrected chi connectivity index (χ4v) is 4.08. The summed E-state index contributed by atoms with van der Waals surface area (Å²) in [5.41, 5.74) is 2.36. The molecule has 1 unspecified atom stereocenters. The van der Waals surface area contributed by atoms with Crippen LogP contribution in [0.2, 0.25) is 0 Å². The van der Waals surface area contributed by atoms with Crippen LogP contribution >= 0.6 is 0 Å². The fourth-order valence-electron chi connectivity index (χ4n) is 4.08. The number of hydrogen-bond donors (Lipinski definition) is 4. The maximum atomic E-state index is 13.1. The van der Waals surface area contributed by atoms with Crippen LogP contribution in [0.25, 0.3) is 10.9 Å². The quantitative estimate of drug-likeness (QED) is 0.502. The van der Waals surface area contributed by atoms with Crippen molar-refractivity contribution in [3.63, 3.8) is 0 Å². The van der Waals surface area contributed by atoms with Crippen LogP contribution in [0.5, 0.6) is 5.75 Å². The highest BCUT2D eigenvalue weighted by Gasteiger charge is 2.27. The average Bonchev–Trinajstić information content (AvgIpc) is 3.16. The summed E-state index contributed by atoms with van der Waals surface area (Å²) in [7, 11) is 0. The van der Waals surface area contributed by atoms with Gasteiger partial charge in [0, 0.05) is 47.5 Å². The van der Waals surface area contributed by atoms with Gasteiger partial charge in [-0.05, 0) is 48.7 Å². The third-order valence-corrected chi connectivity index (χ3v) is 5.73. The Morgan fingerprint density at radius 1 is 1.13 bits per heavy atom. The van der Waals surface area contributed by atoms with Gasteiger partial charge in [-0.15, -0.1) is 0 Å². The van der Waals surface area contributed by atoms with E-state index in [0.29, 0.717) is 12.1 Å². The second-order valence-electron chi connectivity index (χ2n) is 7.87.